The van der Waals surface area contributed by atoms with Gasteiger partial charge in [-0.3, -0.25) is 9.52 Å². The van der Waals surface area contributed by atoms with E-state index in [0.717, 1.165) is 6.26 Å². The molecule has 0 aromatic heterocycles. The average molecular weight is 336 g/mol. The van der Waals surface area contributed by atoms with Gasteiger partial charge in [0, 0.05) is 5.69 Å². The van der Waals surface area contributed by atoms with Crippen molar-refractivity contribution in [2.24, 2.45) is 11.7 Å². The van der Waals surface area contributed by atoms with Crippen LogP contribution in [0.1, 0.15) is 20.3 Å². The third-order valence-corrected chi connectivity index (χ3v) is 3.10. The largest absolute Gasteiger partial charge is 0.325 e. The number of rotatable bonds is 6. The lowest BCUT2D eigenvalue weighted by molar-refractivity contribution is -0.117. The van der Waals surface area contributed by atoms with Gasteiger partial charge in [0.1, 0.15) is 0 Å². The molecule has 1 rings (SSSR count). The Labute approximate surface area is 132 Å². The number of carbonyl (C=O) groups excluding carboxylic acids is 1. The van der Waals surface area contributed by atoms with Gasteiger partial charge in [0.05, 0.1) is 18.0 Å². The number of sulfonamides is 1. The van der Waals surface area contributed by atoms with Crippen LogP contribution in [0.4, 0.5) is 11.4 Å². The third kappa shape index (κ3) is 7.89. The molecule has 1 aromatic rings. The number of halogens is 1. The molecule has 0 saturated heterocycles. The fourth-order valence-electron chi connectivity index (χ4n) is 1.72. The summed E-state index contributed by atoms with van der Waals surface area (Å²) in [7, 11) is -3.34. The second-order valence-electron chi connectivity index (χ2n) is 5.18. The smallest absolute Gasteiger partial charge is 0.241 e. The molecule has 0 bridgehead atoms. The van der Waals surface area contributed by atoms with Crippen LogP contribution in [0, 0.1) is 5.92 Å². The van der Waals surface area contributed by atoms with Gasteiger partial charge in [-0.15, -0.1) is 12.4 Å². The van der Waals surface area contributed by atoms with Crippen molar-refractivity contribution in [1.29, 1.82) is 0 Å². The topological polar surface area (TPSA) is 101 Å². The molecule has 0 radical (unpaired) electrons. The molecule has 0 aliphatic heterocycles. The molecule has 0 aliphatic rings. The van der Waals surface area contributed by atoms with Gasteiger partial charge < -0.3 is 11.1 Å². The van der Waals surface area contributed by atoms with Gasteiger partial charge in [0.15, 0.2) is 0 Å². The summed E-state index contributed by atoms with van der Waals surface area (Å²) in [5.74, 6) is 0.0455. The van der Waals surface area contributed by atoms with Crippen LogP contribution in [-0.2, 0) is 14.8 Å². The Bertz CT molecular complexity index is 576. The summed E-state index contributed by atoms with van der Waals surface area (Å²) in [5, 5.41) is 2.67. The number of carbonyl (C=O) groups is 1. The van der Waals surface area contributed by atoms with Crippen LogP contribution in [0.15, 0.2) is 24.3 Å². The van der Waals surface area contributed by atoms with Gasteiger partial charge in [-0.2, -0.15) is 0 Å². The Morgan fingerprint density at radius 2 is 1.86 bits per heavy atom. The molecule has 21 heavy (non-hydrogen) atoms. The standard InChI is InChI=1S/C13H21N3O3S.ClH/c1-9(2)7-12(14)13(17)15-10-5-4-6-11(8-10)16-20(3,18)19;/h4-6,8-9,12,16H,7,14H2,1-3H3,(H,15,17);1H/t12-;/m0./s1. The summed E-state index contributed by atoms with van der Waals surface area (Å²) in [6.07, 6.45) is 1.66. The van der Waals surface area contributed by atoms with E-state index in [0.29, 0.717) is 23.7 Å². The second-order valence-corrected chi connectivity index (χ2v) is 6.93. The summed E-state index contributed by atoms with van der Waals surface area (Å²) in [6.45, 7) is 3.98. The maximum absolute atomic E-state index is 11.9. The van der Waals surface area contributed by atoms with Crippen molar-refractivity contribution in [2.75, 3.05) is 16.3 Å². The summed E-state index contributed by atoms with van der Waals surface area (Å²) in [4.78, 5) is 11.9. The zero-order valence-corrected chi connectivity index (χ0v) is 13.9. The van der Waals surface area contributed by atoms with E-state index in [4.69, 9.17) is 5.73 Å². The molecule has 0 aliphatic carbocycles. The first-order valence-corrected chi connectivity index (χ1v) is 8.21. The number of amides is 1. The van der Waals surface area contributed by atoms with Gasteiger partial charge >= 0.3 is 0 Å². The normalized spacial score (nSPS) is 12.4. The van der Waals surface area contributed by atoms with E-state index in [9.17, 15) is 13.2 Å². The Hall–Kier alpha value is -1.31. The molecule has 4 N–H and O–H groups in total. The van der Waals surface area contributed by atoms with Crippen molar-refractivity contribution >= 4 is 39.7 Å². The summed E-state index contributed by atoms with van der Waals surface area (Å²) < 4.78 is 24.6. The lowest BCUT2D eigenvalue weighted by atomic mass is 10.0. The molecule has 1 atom stereocenters. The number of anilines is 2. The van der Waals surface area contributed by atoms with Gasteiger partial charge in [0.2, 0.25) is 15.9 Å². The third-order valence-electron chi connectivity index (χ3n) is 2.50. The van der Waals surface area contributed by atoms with Crippen molar-refractivity contribution in [2.45, 2.75) is 26.3 Å². The highest BCUT2D eigenvalue weighted by molar-refractivity contribution is 7.92. The molecule has 1 aromatic carbocycles. The molecule has 0 unspecified atom stereocenters. The van der Waals surface area contributed by atoms with E-state index in [1.54, 1.807) is 24.3 Å². The molecule has 0 heterocycles. The van der Waals surface area contributed by atoms with Gasteiger partial charge in [-0.25, -0.2) is 8.42 Å². The van der Waals surface area contributed by atoms with Crippen LogP contribution in [0.25, 0.3) is 0 Å². The Morgan fingerprint density at radius 1 is 1.29 bits per heavy atom. The number of hydrogen-bond donors (Lipinski definition) is 3. The molecule has 6 nitrogen and oxygen atoms in total. The van der Waals surface area contributed by atoms with E-state index in [1.165, 1.54) is 0 Å². The van der Waals surface area contributed by atoms with Crippen LogP contribution in [0.5, 0.6) is 0 Å². The molecule has 8 heteroatoms. The Kier molecular flexibility index (Phi) is 7.70. The van der Waals surface area contributed by atoms with Gasteiger partial charge in [-0.05, 0) is 30.5 Å². The highest BCUT2D eigenvalue weighted by atomic mass is 35.5. The van der Waals surface area contributed by atoms with E-state index >= 15 is 0 Å². The van der Waals surface area contributed by atoms with Crippen LogP contribution in [-0.4, -0.2) is 26.6 Å². The van der Waals surface area contributed by atoms with Crippen molar-refractivity contribution in [3.8, 4) is 0 Å². The molecular weight excluding hydrogens is 314 g/mol. The monoisotopic (exact) mass is 335 g/mol. The van der Waals surface area contributed by atoms with Crippen LogP contribution >= 0.6 is 12.4 Å². The minimum absolute atomic E-state index is 0. The summed E-state index contributed by atoms with van der Waals surface area (Å²) in [5.41, 5.74) is 6.68. The van der Waals surface area contributed by atoms with E-state index in [2.05, 4.69) is 10.0 Å². The molecule has 0 saturated carbocycles. The van der Waals surface area contributed by atoms with Crippen LogP contribution in [0.3, 0.4) is 0 Å². The lowest BCUT2D eigenvalue weighted by Crippen LogP contribution is -2.36. The predicted molar refractivity (Wildman–Crippen MR) is 88.2 cm³/mol. The first-order chi connectivity index (χ1) is 9.17. The zero-order valence-electron chi connectivity index (χ0n) is 12.3. The van der Waals surface area contributed by atoms with Crippen molar-refractivity contribution in [1.82, 2.24) is 0 Å². The molecule has 0 fully saturated rings. The predicted octanol–water partition coefficient (Wildman–Crippen LogP) is 1.79. The first-order valence-electron chi connectivity index (χ1n) is 6.31. The Morgan fingerprint density at radius 3 is 2.38 bits per heavy atom. The van der Waals surface area contributed by atoms with Gasteiger partial charge in [-0.1, -0.05) is 19.9 Å². The number of benzene rings is 1. The number of hydrogen-bond acceptors (Lipinski definition) is 4. The van der Waals surface area contributed by atoms with Crippen LogP contribution in [0.2, 0.25) is 0 Å². The minimum atomic E-state index is -3.34. The van der Waals surface area contributed by atoms with Crippen molar-refractivity contribution < 1.29 is 13.2 Å². The first kappa shape index (κ1) is 19.7. The lowest BCUT2D eigenvalue weighted by Gasteiger charge is -2.14. The maximum Gasteiger partial charge on any atom is 0.241 e. The van der Waals surface area contributed by atoms with Crippen molar-refractivity contribution in [3.05, 3.63) is 24.3 Å². The summed E-state index contributed by atoms with van der Waals surface area (Å²) >= 11 is 0. The van der Waals surface area contributed by atoms with Crippen LogP contribution < -0.4 is 15.8 Å². The SMILES string of the molecule is CC(C)C[C@H](N)C(=O)Nc1cccc(NS(C)(=O)=O)c1.Cl. The average Bonchev–Trinajstić information content (AvgIpc) is 2.25. The maximum atomic E-state index is 11.9. The minimum Gasteiger partial charge on any atom is -0.325 e. The van der Waals surface area contributed by atoms with Gasteiger partial charge in [0.25, 0.3) is 0 Å². The highest BCUT2D eigenvalue weighted by Crippen LogP contribution is 2.16. The molecule has 120 valence electrons. The molecule has 0 spiro atoms. The number of nitrogens with two attached hydrogens (primary N) is 1. The number of nitrogens with one attached hydrogen (secondary N) is 2. The quantitative estimate of drug-likeness (QED) is 0.737. The van der Waals surface area contributed by atoms with Crippen molar-refractivity contribution in [3.63, 3.8) is 0 Å². The van der Waals surface area contributed by atoms with E-state index < -0.39 is 16.1 Å². The van der Waals surface area contributed by atoms with E-state index in [1.807, 2.05) is 13.8 Å². The molecular formula is C13H22ClN3O3S. The second kappa shape index (κ2) is 8.21. The summed E-state index contributed by atoms with van der Waals surface area (Å²) in [6, 6.07) is 5.89. The zero-order chi connectivity index (χ0) is 15.3. The highest BCUT2D eigenvalue weighted by Gasteiger charge is 2.15. The fraction of sp³-hybridized carbons (Fsp3) is 0.462. The molecule has 1 amide bonds. The fourth-order valence-corrected chi connectivity index (χ4v) is 2.28. The Balaban J connectivity index is 0.00000400. The van der Waals surface area contributed by atoms with E-state index in [-0.39, 0.29) is 18.3 Å².